The van der Waals surface area contributed by atoms with Gasteiger partial charge in [0.1, 0.15) is 13.2 Å². The molecule has 3 N–H and O–H groups in total. The Morgan fingerprint density at radius 3 is 1.87 bits per heavy atom. The Labute approximate surface area is 288 Å². The van der Waals surface area contributed by atoms with E-state index in [4.69, 9.17) is 9.05 Å². The summed E-state index contributed by atoms with van der Waals surface area (Å²) in [7, 11) is 1.53. The fourth-order valence-corrected chi connectivity index (χ4v) is 5.29. The monoisotopic (exact) mass is 681 g/mol. The minimum absolute atomic E-state index is 0.0502. The van der Waals surface area contributed by atoms with E-state index in [1.807, 2.05) is 27.2 Å². The Morgan fingerprint density at radius 1 is 0.745 bits per heavy atom. The van der Waals surface area contributed by atoms with Crippen LogP contribution in [0.4, 0.5) is 0 Å². The summed E-state index contributed by atoms with van der Waals surface area (Å²) < 4.78 is 23.4. The average Bonchev–Trinajstić information content (AvgIpc) is 3.01. The number of nitrogens with one attached hydrogen (secondary N) is 1. The molecule has 1 amide bonds. The van der Waals surface area contributed by atoms with Crippen molar-refractivity contribution in [1.29, 1.82) is 0 Å². The van der Waals surface area contributed by atoms with Crippen molar-refractivity contribution in [3.8, 4) is 0 Å². The molecular weight excluding hydrogens is 611 g/mol. The van der Waals surface area contributed by atoms with Crippen molar-refractivity contribution >= 4 is 13.7 Å². The van der Waals surface area contributed by atoms with Crippen LogP contribution in [0.5, 0.6) is 0 Å². The fourth-order valence-electron chi connectivity index (χ4n) is 4.56. The van der Waals surface area contributed by atoms with Gasteiger partial charge in [-0.1, -0.05) is 120 Å². The number of nitrogens with zero attached hydrogens (tertiary/aromatic N) is 1. The highest BCUT2D eigenvalue weighted by molar-refractivity contribution is 7.47. The quantitative estimate of drug-likeness (QED) is 0.0292. The van der Waals surface area contributed by atoms with Crippen molar-refractivity contribution in [2.24, 2.45) is 0 Å². The van der Waals surface area contributed by atoms with Crippen LogP contribution in [-0.4, -0.2) is 73.4 Å². The molecule has 0 aromatic rings. The first-order valence-corrected chi connectivity index (χ1v) is 19.7. The number of hydrogen-bond acceptors (Lipinski definition) is 5. The van der Waals surface area contributed by atoms with Crippen molar-refractivity contribution in [3.63, 3.8) is 0 Å². The topological polar surface area (TPSA) is 105 Å². The van der Waals surface area contributed by atoms with Crippen LogP contribution in [0.25, 0.3) is 0 Å². The number of phosphoric acid groups is 1. The molecule has 0 aliphatic carbocycles. The molecule has 3 unspecified atom stereocenters. The zero-order valence-corrected chi connectivity index (χ0v) is 31.4. The maximum Gasteiger partial charge on any atom is 0.472 e. The highest BCUT2D eigenvalue weighted by Crippen LogP contribution is 2.43. The van der Waals surface area contributed by atoms with Gasteiger partial charge in [-0.3, -0.25) is 13.8 Å². The molecule has 0 aliphatic rings. The maximum atomic E-state index is 12.7. The molecule has 3 atom stereocenters. The molecule has 0 fully saturated rings. The van der Waals surface area contributed by atoms with Crippen molar-refractivity contribution in [2.75, 3.05) is 40.9 Å². The molecular formula is C38H70N2O6P+. The van der Waals surface area contributed by atoms with Gasteiger partial charge in [0.2, 0.25) is 5.91 Å². The standard InChI is InChI=1S/C38H69N2O6P/c1-6-8-10-12-14-16-18-19-20-21-22-24-26-28-30-32-38(42)39-36(35-46-47(43,44)45-34-33-40(3,4)5)37(41)31-29-27-25-23-17-15-13-11-9-7-2/h8,10,14,16,19-20,22,24,29,31,36-37,41H,6-7,9,11-13,15,17-18,21,23,25-28,30,32-35H2,1-5H3,(H-,39,42,43,44)/p+1/b10-8-,16-14-,20-19-,24-22-,31-29+. The number of allylic oxidation sites excluding steroid dienone is 9. The minimum Gasteiger partial charge on any atom is -0.387 e. The largest absolute Gasteiger partial charge is 0.472 e. The van der Waals surface area contributed by atoms with E-state index in [1.165, 1.54) is 38.5 Å². The molecule has 0 saturated heterocycles. The lowest BCUT2D eigenvalue weighted by Crippen LogP contribution is -2.45. The number of rotatable bonds is 31. The summed E-state index contributed by atoms with van der Waals surface area (Å²) in [5.74, 6) is -0.224. The number of quaternary nitrogens is 1. The van der Waals surface area contributed by atoms with Crippen molar-refractivity contribution < 1.29 is 32.9 Å². The van der Waals surface area contributed by atoms with Gasteiger partial charge in [-0.15, -0.1) is 0 Å². The summed E-state index contributed by atoms with van der Waals surface area (Å²) in [5, 5.41) is 13.7. The van der Waals surface area contributed by atoms with Crippen LogP contribution in [0.1, 0.15) is 123 Å². The smallest absolute Gasteiger partial charge is 0.387 e. The lowest BCUT2D eigenvalue weighted by atomic mass is 10.1. The number of phosphoric ester groups is 1. The first-order chi connectivity index (χ1) is 22.5. The van der Waals surface area contributed by atoms with Crippen LogP contribution < -0.4 is 5.32 Å². The number of amides is 1. The number of carbonyl (C=O) groups is 1. The Morgan fingerprint density at radius 2 is 1.28 bits per heavy atom. The number of aliphatic hydroxyl groups excluding tert-OH is 1. The Hall–Kier alpha value is -1.80. The van der Waals surface area contributed by atoms with E-state index in [9.17, 15) is 19.4 Å². The predicted molar refractivity (Wildman–Crippen MR) is 198 cm³/mol. The maximum absolute atomic E-state index is 12.7. The van der Waals surface area contributed by atoms with Crippen LogP contribution in [0.15, 0.2) is 60.8 Å². The van der Waals surface area contributed by atoms with Gasteiger partial charge in [0, 0.05) is 6.42 Å². The van der Waals surface area contributed by atoms with Gasteiger partial charge in [-0.25, -0.2) is 4.57 Å². The van der Waals surface area contributed by atoms with E-state index in [-0.39, 0.29) is 19.1 Å². The molecule has 0 heterocycles. The van der Waals surface area contributed by atoms with Crippen LogP contribution in [0, 0.1) is 0 Å². The first kappa shape index (κ1) is 45.2. The Kier molecular flexibility index (Phi) is 29.1. The molecule has 0 aromatic carbocycles. The fraction of sp³-hybridized carbons (Fsp3) is 0.711. The van der Waals surface area contributed by atoms with Gasteiger partial charge < -0.3 is 19.8 Å². The van der Waals surface area contributed by atoms with Crippen molar-refractivity contribution in [3.05, 3.63) is 60.8 Å². The molecule has 0 saturated carbocycles. The Bertz CT molecular complexity index is 954. The molecule has 272 valence electrons. The summed E-state index contributed by atoms with van der Waals surface area (Å²) in [6, 6.07) is -0.867. The number of hydrogen-bond donors (Lipinski definition) is 3. The molecule has 0 spiro atoms. The summed E-state index contributed by atoms with van der Waals surface area (Å²) in [5.41, 5.74) is 0. The summed E-state index contributed by atoms with van der Waals surface area (Å²) in [6.07, 6.45) is 37.2. The van der Waals surface area contributed by atoms with Crippen LogP contribution in [0.2, 0.25) is 0 Å². The van der Waals surface area contributed by atoms with Crippen molar-refractivity contribution in [1.82, 2.24) is 5.32 Å². The molecule has 0 aromatic heterocycles. The molecule has 0 aliphatic heterocycles. The van der Waals surface area contributed by atoms with E-state index in [0.717, 1.165) is 57.8 Å². The molecule has 0 radical (unpaired) electrons. The molecule has 0 rings (SSSR count). The van der Waals surface area contributed by atoms with E-state index in [1.54, 1.807) is 6.08 Å². The molecule has 8 nitrogen and oxygen atoms in total. The van der Waals surface area contributed by atoms with Crippen LogP contribution in [-0.2, 0) is 18.4 Å². The molecule has 9 heteroatoms. The second kappa shape index (κ2) is 30.3. The second-order valence-corrected chi connectivity index (χ2v) is 14.7. The van der Waals surface area contributed by atoms with Crippen molar-refractivity contribution in [2.45, 2.75) is 135 Å². The zero-order valence-electron chi connectivity index (χ0n) is 30.5. The third kappa shape index (κ3) is 32.5. The average molecular weight is 682 g/mol. The van der Waals surface area contributed by atoms with E-state index >= 15 is 0 Å². The summed E-state index contributed by atoms with van der Waals surface area (Å²) in [4.78, 5) is 22.9. The first-order valence-electron chi connectivity index (χ1n) is 18.2. The normalized spacial score (nSPS) is 15.5. The van der Waals surface area contributed by atoms with Gasteiger partial charge in [0.05, 0.1) is 39.9 Å². The highest BCUT2D eigenvalue weighted by atomic mass is 31.2. The van der Waals surface area contributed by atoms with Gasteiger partial charge in [0.25, 0.3) is 0 Å². The number of aliphatic hydroxyl groups is 1. The predicted octanol–water partition coefficient (Wildman–Crippen LogP) is 9.12. The SMILES string of the molecule is CC/C=C\C/C=C\C/C=C\C/C=C\CCCCC(=O)NC(COP(=O)(O)OCC[N+](C)(C)C)C(O)/C=C/CCCCCCCCCC. The third-order valence-electron chi connectivity index (χ3n) is 7.49. The Balaban J connectivity index is 4.65. The van der Waals surface area contributed by atoms with Gasteiger partial charge in [-0.2, -0.15) is 0 Å². The number of carbonyl (C=O) groups excluding carboxylic acids is 1. The molecule has 0 bridgehead atoms. The number of likely N-dealkylation sites (N-methyl/N-ethyl adjacent to an activating group) is 1. The highest BCUT2D eigenvalue weighted by Gasteiger charge is 2.27. The van der Waals surface area contributed by atoms with E-state index in [0.29, 0.717) is 23.9 Å². The number of unbranched alkanes of at least 4 members (excludes halogenated alkanes) is 10. The summed E-state index contributed by atoms with van der Waals surface area (Å²) >= 11 is 0. The summed E-state index contributed by atoms with van der Waals surface area (Å²) in [6.45, 7) is 4.60. The van der Waals surface area contributed by atoms with Crippen LogP contribution >= 0.6 is 7.82 Å². The third-order valence-corrected chi connectivity index (χ3v) is 8.48. The van der Waals surface area contributed by atoms with E-state index in [2.05, 4.69) is 67.8 Å². The zero-order chi connectivity index (χ0) is 35.1. The lowest BCUT2D eigenvalue weighted by molar-refractivity contribution is -0.870. The minimum atomic E-state index is -4.34. The van der Waals surface area contributed by atoms with Gasteiger partial charge in [0.15, 0.2) is 0 Å². The van der Waals surface area contributed by atoms with E-state index < -0.39 is 20.0 Å². The lowest BCUT2D eigenvalue weighted by Gasteiger charge is -2.25. The van der Waals surface area contributed by atoms with Crippen LogP contribution in [0.3, 0.4) is 0 Å². The van der Waals surface area contributed by atoms with Gasteiger partial charge in [-0.05, 0) is 57.8 Å². The second-order valence-electron chi connectivity index (χ2n) is 13.2. The molecule has 47 heavy (non-hydrogen) atoms. The van der Waals surface area contributed by atoms with Gasteiger partial charge >= 0.3 is 7.82 Å².